The van der Waals surface area contributed by atoms with Crippen molar-refractivity contribution in [1.29, 1.82) is 0 Å². The Morgan fingerprint density at radius 3 is 2.65 bits per heavy atom. The third-order valence-corrected chi connectivity index (χ3v) is 6.69. The molecule has 166 valence electrons. The summed E-state index contributed by atoms with van der Waals surface area (Å²) in [7, 11) is 0. The lowest BCUT2D eigenvalue weighted by molar-refractivity contribution is -0.134. The number of furan rings is 1. The Hall–Kier alpha value is -2.83. The number of hydrogen-bond acceptors (Lipinski definition) is 4. The molecular weight excluding hydrogens is 394 g/mol. The van der Waals surface area contributed by atoms with Crippen molar-refractivity contribution in [3.8, 4) is 0 Å². The van der Waals surface area contributed by atoms with E-state index in [-0.39, 0.29) is 23.7 Å². The second-order valence-electron chi connectivity index (χ2n) is 10.1. The van der Waals surface area contributed by atoms with Crippen molar-refractivity contribution in [3.05, 3.63) is 47.2 Å². The normalized spacial score (nSPS) is 25.3. The first-order chi connectivity index (χ1) is 14.5. The number of urea groups is 1. The highest BCUT2D eigenvalue weighted by Crippen LogP contribution is 2.46. The van der Waals surface area contributed by atoms with Crippen LogP contribution in [-0.2, 0) is 11.3 Å². The van der Waals surface area contributed by atoms with Gasteiger partial charge in [-0.3, -0.25) is 14.5 Å². The molecule has 1 aliphatic carbocycles. The van der Waals surface area contributed by atoms with Gasteiger partial charge in [-0.15, -0.1) is 0 Å². The molecule has 0 bridgehead atoms. The fraction of sp³-hybridized carbons (Fsp3) is 0.542. The van der Waals surface area contributed by atoms with Gasteiger partial charge in [0.2, 0.25) is 0 Å². The highest BCUT2D eigenvalue weighted by molar-refractivity contribution is 6.11. The number of rotatable bonds is 5. The Labute approximate surface area is 182 Å². The lowest BCUT2D eigenvalue weighted by atomic mass is 9.64. The zero-order valence-corrected chi connectivity index (χ0v) is 18.9. The van der Waals surface area contributed by atoms with Crippen LogP contribution in [0.25, 0.3) is 0 Å². The Morgan fingerprint density at radius 1 is 1.26 bits per heavy atom. The van der Waals surface area contributed by atoms with Crippen LogP contribution in [0.5, 0.6) is 0 Å². The Bertz CT molecular complexity index is 1030. The van der Waals surface area contributed by atoms with E-state index in [0.29, 0.717) is 30.9 Å². The Kier molecular flexibility index (Phi) is 5.10. The maximum atomic E-state index is 13.3. The number of carbonyl (C=O) groups is 3. The number of nitrogens with zero attached hydrogens (tertiary/aromatic N) is 2. The third-order valence-electron chi connectivity index (χ3n) is 6.69. The molecule has 7 heteroatoms. The van der Waals surface area contributed by atoms with Gasteiger partial charge in [0.05, 0.1) is 19.4 Å². The molecule has 0 unspecified atom stereocenters. The van der Waals surface area contributed by atoms with Crippen LogP contribution in [-0.4, -0.2) is 39.3 Å². The van der Waals surface area contributed by atoms with E-state index in [9.17, 15) is 14.4 Å². The standard InChI is InChI=1S/C24H31N3O4/c1-15-10-23(4,5)14-24(11-15)21(29)27(22(30)25-24)13-20(28)19-9-16(2)26(17(19)3)12-18-7-6-8-31-18/h6-9,15H,10-14H2,1-5H3,(H,25,30)/t15-,24+/m1/s1. The van der Waals surface area contributed by atoms with E-state index < -0.39 is 11.6 Å². The molecule has 1 saturated heterocycles. The first kappa shape index (κ1) is 21.4. The minimum atomic E-state index is -0.894. The maximum absolute atomic E-state index is 13.3. The van der Waals surface area contributed by atoms with Gasteiger partial charge in [0.15, 0.2) is 5.78 Å². The van der Waals surface area contributed by atoms with Gasteiger partial charge in [-0.05, 0) is 62.6 Å². The van der Waals surface area contributed by atoms with E-state index in [2.05, 4.69) is 26.1 Å². The van der Waals surface area contributed by atoms with Crippen LogP contribution in [0.2, 0.25) is 0 Å². The van der Waals surface area contributed by atoms with E-state index in [0.717, 1.165) is 28.5 Å². The van der Waals surface area contributed by atoms with Crippen molar-refractivity contribution in [2.75, 3.05) is 6.54 Å². The quantitative estimate of drug-likeness (QED) is 0.578. The first-order valence-corrected chi connectivity index (χ1v) is 10.9. The average molecular weight is 426 g/mol. The smallest absolute Gasteiger partial charge is 0.325 e. The number of amides is 3. The molecule has 1 N–H and O–H groups in total. The number of aromatic nitrogens is 1. The molecule has 31 heavy (non-hydrogen) atoms. The summed E-state index contributed by atoms with van der Waals surface area (Å²) >= 11 is 0. The number of hydrogen-bond donors (Lipinski definition) is 1. The van der Waals surface area contributed by atoms with Gasteiger partial charge in [-0.25, -0.2) is 4.79 Å². The molecule has 1 spiro atoms. The number of aryl methyl sites for hydroxylation is 1. The minimum Gasteiger partial charge on any atom is -0.467 e. The van der Waals surface area contributed by atoms with E-state index in [1.165, 1.54) is 0 Å². The lowest BCUT2D eigenvalue weighted by Crippen LogP contribution is -2.54. The van der Waals surface area contributed by atoms with Crippen LogP contribution in [0.1, 0.15) is 67.5 Å². The lowest BCUT2D eigenvalue weighted by Gasteiger charge is -2.43. The highest BCUT2D eigenvalue weighted by atomic mass is 16.3. The van der Waals surface area contributed by atoms with Gasteiger partial charge in [-0.1, -0.05) is 20.8 Å². The zero-order chi connectivity index (χ0) is 22.6. The van der Waals surface area contributed by atoms with Crippen LogP contribution < -0.4 is 5.32 Å². The van der Waals surface area contributed by atoms with Crippen LogP contribution in [0, 0.1) is 25.2 Å². The second-order valence-corrected chi connectivity index (χ2v) is 10.1. The molecule has 7 nitrogen and oxygen atoms in total. The van der Waals surface area contributed by atoms with Crippen LogP contribution in [0.4, 0.5) is 4.79 Å². The number of carbonyl (C=O) groups excluding carboxylic acids is 3. The molecule has 2 fully saturated rings. The summed E-state index contributed by atoms with van der Waals surface area (Å²) in [5, 5.41) is 2.94. The van der Waals surface area contributed by atoms with Gasteiger partial charge >= 0.3 is 6.03 Å². The molecule has 4 rings (SSSR count). The second kappa shape index (κ2) is 7.39. The largest absolute Gasteiger partial charge is 0.467 e. The molecule has 3 amide bonds. The molecule has 2 aliphatic rings. The van der Waals surface area contributed by atoms with Gasteiger partial charge in [0, 0.05) is 17.0 Å². The van der Waals surface area contributed by atoms with Gasteiger partial charge in [-0.2, -0.15) is 0 Å². The fourth-order valence-corrected chi connectivity index (χ4v) is 5.76. The predicted octanol–water partition coefficient (Wildman–Crippen LogP) is 4.07. The minimum absolute atomic E-state index is 0.0442. The summed E-state index contributed by atoms with van der Waals surface area (Å²) in [5.41, 5.74) is 1.32. The SMILES string of the molecule is Cc1cc(C(=O)CN2C(=O)N[C@]3(C[C@H](C)CC(C)(C)C3)C2=O)c(C)n1Cc1ccco1. The van der Waals surface area contributed by atoms with E-state index in [4.69, 9.17) is 4.42 Å². The van der Waals surface area contributed by atoms with Crippen LogP contribution in [0.15, 0.2) is 28.9 Å². The Balaban J connectivity index is 1.54. The third kappa shape index (κ3) is 3.82. The van der Waals surface area contributed by atoms with Gasteiger partial charge < -0.3 is 14.3 Å². The summed E-state index contributed by atoms with van der Waals surface area (Å²) in [6.45, 7) is 10.5. The van der Waals surface area contributed by atoms with Crippen molar-refractivity contribution in [2.45, 2.75) is 66.0 Å². The van der Waals surface area contributed by atoms with Crippen molar-refractivity contribution in [3.63, 3.8) is 0 Å². The molecule has 1 aliphatic heterocycles. The van der Waals surface area contributed by atoms with Crippen molar-refractivity contribution in [2.24, 2.45) is 11.3 Å². The van der Waals surface area contributed by atoms with Crippen LogP contribution >= 0.6 is 0 Å². The average Bonchev–Trinajstić information content (AvgIpc) is 3.32. The van der Waals surface area contributed by atoms with Gasteiger partial charge in [0.1, 0.15) is 11.3 Å². The van der Waals surface area contributed by atoms with E-state index in [1.807, 2.05) is 36.6 Å². The molecule has 0 aromatic carbocycles. The van der Waals surface area contributed by atoms with Crippen molar-refractivity contribution >= 4 is 17.7 Å². The van der Waals surface area contributed by atoms with Crippen molar-refractivity contribution < 1.29 is 18.8 Å². The molecule has 2 aromatic rings. The topological polar surface area (TPSA) is 84.5 Å². The summed E-state index contributed by atoms with van der Waals surface area (Å²) in [5.74, 6) is 0.618. The number of nitrogens with one attached hydrogen (secondary N) is 1. The zero-order valence-electron chi connectivity index (χ0n) is 18.9. The van der Waals surface area contributed by atoms with Crippen molar-refractivity contribution in [1.82, 2.24) is 14.8 Å². The highest BCUT2D eigenvalue weighted by Gasteiger charge is 2.56. The summed E-state index contributed by atoms with van der Waals surface area (Å²) in [6.07, 6.45) is 3.84. The van der Waals surface area contributed by atoms with E-state index >= 15 is 0 Å². The van der Waals surface area contributed by atoms with Gasteiger partial charge in [0.25, 0.3) is 5.91 Å². The number of imide groups is 1. The summed E-state index contributed by atoms with van der Waals surface area (Å²) < 4.78 is 7.44. The molecule has 1 saturated carbocycles. The summed E-state index contributed by atoms with van der Waals surface area (Å²) in [6, 6.07) is 5.07. The predicted molar refractivity (Wildman–Crippen MR) is 116 cm³/mol. The molecule has 2 aromatic heterocycles. The molecule has 2 atom stereocenters. The van der Waals surface area contributed by atoms with E-state index in [1.54, 1.807) is 6.26 Å². The molecule has 3 heterocycles. The molecular formula is C24H31N3O4. The maximum Gasteiger partial charge on any atom is 0.325 e. The first-order valence-electron chi connectivity index (χ1n) is 10.9. The summed E-state index contributed by atoms with van der Waals surface area (Å²) in [4.78, 5) is 40.3. The fourth-order valence-electron chi connectivity index (χ4n) is 5.76. The van der Waals surface area contributed by atoms with Crippen LogP contribution in [0.3, 0.4) is 0 Å². The monoisotopic (exact) mass is 425 g/mol. The molecule has 0 radical (unpaired) electrons. The number of ketones is 1. The Morgan fingerprint density at radius 2 is 2.00 bits per heavy atom. The number of Topliss-reactive ketones (excluding diaryl/α,β-unsaturated/α-hetero) is 1.